The van der Waals surface area contributed by atoms with E-state index in [-0.39, 0.29) is 19.4 Å². The summed E-state index contributed by atoms with van der Waals surface area (Å²) in [5.74, 6) is -1.34. The number of aromatic nitrogens is 2. The Bertz CT molecular complexity index is 2060. The number of amides is 4. The van der Waals surface area contributed by atoms with E-state index in [1.54, 1.807) is 40.9 Å². The normalized spacial score (nSPS) is 29.6. The molecule has 0 aromatic carbocycles. The number of nitrogens with one attached hydrogen (secondary N) is 3. The molecule has 3 aliphatic heterocycles. The van der Waals surface area contributed by atoms with E-state index in [4.69, 9.17) is 19.2 Å². The van der Waals surface area contributed by atoms with Crippen LogP contribution >= 0.6 is 0 Å². The zero-order chi connectivity index (χ0) is 39.6. The van der Waals surface area contributed by atoms with Crippen LogP contribution in [0.2, 0.25) is 0 Å². The molecular formula is C39H52N6O9S. The number of alkyl carbamates (subject to hydrolysis) is 1. The molecule has 5 aliphatic rings. The Balaban J connectivity index is 1.24. The molecule has 2 aliphatic carbocycles. The lowest BCUT2D eigenvalue weighted by Gasteiger charge is -2.36. The van der Waals surface area contributed by atoms with Crippen molar-refractivity contribution in [3.63, 3.8) is 0 Å². The van der Waals surface area contributed by atoms with E-state index in [9.17, 15) is 27.6 Å². The van der Waals surface area contributed by atoms with Crippen LogP contribution < -0.4 is 24.8 Å². The molecule has 3 fully saturated rings. The van der Waals surface area contributed by atoms with E-state index >= 15 is 0 Å². The summed E-state index contributed by atoms with van der Waals surface area (Å²) in [5, 5.41) is 5.72. The molecule has 298 valence electrons. The van der Waals surface area contributed by atoms with Gasteiger partial charge in [-0.1, -0.05) is 25.0 Å². The Morgan fingerprint density at radius 2 is 1.84 bits per heavy atom. The summed E-state index contributed by atoms with van der Waals surface area (Å²) in [6.07, 6.45) is 8.40. The van der Waals surface area contributed by atoms with Crippen LogP contribution in [0.1, 0.15) is 103 Å². The fourth-order valence-electron chi connectivity index (χ4n) is 8.09. The first-order valence-electron chi connectivity index (χ1n) is 19.3. The summed E-state index contributed by atoms with van der Waals surface area (Å²) >= 11 is 0. The third-order valence-electron chi connectivity index (χ3n) is 11.7. The van der Waals surface area contributed by atoms with Gasteiger partial charge in [0.15, 0.2) is 0 Å². The number of aryl methyl sites for hydroxylation is 2. The topological polar surface area (TPSA) is 195 Å². The van der Waals surface area contributed by atoms with Gasteiger partial charge in [-0.25, -0.2) is 23.2 Å². The second kappa shape index (κ2) is 13.9. The van der Waals surface area contributed by atoms with Crippen molar-refractivity contribution in [2.45, 2.75) is 139 Å². The van der Waals surface area contributed by atoms with Crippen LogP contribution in [0.5, 0.6) is 11.6 Å². The van der Waals surface area contributed by atoms with Crippen LogP contribution in [0.4, 0.5) is 4.79 Å². The molecule has 15 nitrogen and oxygen atoms in total. The summed E-state index contributed by atoms with van der Waals surface area (Å²) < 4.78 is 45.4. The second-order valence-corrected chi connectivity index (χ2v) is 19.3. The number of fused-ring (bicyclic) bond motifs is 5. The maximum Gasteiger partial charge on any atom is 0.408 e. The highest BCUT2D eigenvalue weighted by atomic mass is 32.2. The van der Waals surface area contributed by atoms with Crippen molar-refractivity contribution in [3.05, 3.63) is 35.5 Å². The van der Waals surface area contributed by atoms with Crippen molar-refractivity contribution in [1.29, 1.82) is 0 Å². The van der Waals surface area contributed by atoms with Crippen molar-refractivity contribution in [2.75, 3.05) is 13.7 Å². The van der Waals surface area contributed by atoms with Gasteiger partial charge in [-0.3, -0.25) is 19.1 Å². The minimum Gasteiger partial charge on any atom is -0.483 e. The average molecular weight is 781 g/mol. The predicted molar refractivity (Wildman–Crippen MR) is 202 cm³/mol. The first-order valence-corrected chi connectivity index (χ1v) is 20.8. The Labute approximate surface area is 321 Å². The highest BCUT2D eigenvalue weighted by Crippen LogP contribution is 2.49. The lowest BCUT2D eigenvalue weighted by atomic mass is 9.88. The van der Waals surface area contributed by atoms with Crippen molar-refractivity contribution in [3.8, 4) is 11.6 Å². The van der Waals surface area contributed by atoms with Gasteiger partial charge in [0, 0.05) is 24.0 Å². The molecule has 1 saturated heterocycles. The lowest BCUT2D eigenvalue weighted by Crippen LogP contribution is -2.58. The van der Waals surface area contributed by atoms with Gasteiger partial charge in [-0.05, 0) is 92.1 Å². The standard InChI is InChI=1S/C39H52N6O9S/c1-23-31-25(30-26(40-23)14-15-29(42-30)52-6)16-17-38(53-31)21-28-32(46)43-39(34(48)44-55(50,51)37(5)18-19-37)20-24(39)12-10-8-7-9-11-13-27(33(47)45(28)22-38)41-35(49)54-36(2,3)4/h10,12,14-15,24,27-28H,7-9,11,13,16-22H2,1-6H3,(H,41,49)(H,43,46)(H,44,48)/b12-10-/t24-,27?,28-,38+,39+/m0/s1. The number of carbonyl (C=O) groups is 4. The van der Waals surface area contributed by atoms with Crippen LogP contribution in [-0.2, 0) is 35.6 Å². The number of allylic oxidation sites excluding steroid dienone is 1. The predicted octanol–water partition coefficient (Wildman–Crippen LogP) is 3.90. The van der Waals surface area contributed by atoms with E-state index in [2.05, 4.69) is 20.3 Å². The smallest absolute Gasteiger partial charge is 0.408 e. The highest BCUT2D eigenvalue weighted by Gasteiger charge is 2.64. The quantitative estimate of drug-likeness (QED) is 0.373. The highest BCUT2D eigenvalue weighted by molar-refractivity contribution is 7.91. The number of carbonyl (C=O) groups excluding carboxylic acids is 4. The summed E-state index contributed by atoms with van der Waals surface area (Å²) in [6, 6.07) is 1.47. The van der Waals surface area contributed by atoms with Gasteiger partial charge in [0.25, 0.3) is 5.91 Å². The van der Waals surface area contributed by atoms with Gasteiger partial charge in [0.05, 0.1) is 35.1 Å². The average Bonchev–Trinajstić information content (AvgIpc) is 4.01. The van der Waals surface area contributed by atoms with Gasteiger partial charge >= 0.3 is 6.09 Å². The van der Waals surface area contributed by atoms with E-state index in [0.29, 0.717) is 73.3 Å². The number of sulfonamides is 1. The van der Waals surface area contributed by atoms with Gasteiger partial charge in [0.2, 0.25) is 27.7 Å². The summed E-state index contributed by atoms with van der Waals surface area (Å²) in [4.78, 5) is 67.2. The minimum atomic E-state index is -3.99. The molecule has 2 aromatic rings. The Morgan fingerprint density at radius 1 is 1.07 bits per heavy atom. The van der Waals surface area contributed by atoms with Crippen LogP contribution in [0.25, 0.3) is 11.0 Å². The fraction of sp³-hybridized carbons (Fsp3) is 0.641. The monoisotopic (exact) mass is 780 g/mol. The number of rotatable bonds is 5. The van der Waals surface area contributed by atoms with E-state index < -0.39 is 73.3 Å². The molecule has 5 atom stereocenters. The van der Waals surface area contributed by atoms with Crippen LogP contribution in [0.3, 0.4) is 0 Å². The number of hydrogen-bond acceptors (Lipinski definition) is 11. The van der Waals surface area contributed by atoms with E-state index in [1.807, 2.05) is 25.1 Å². The van der Waals surface area contributed by atoms with Gasteiger partial charge in [-0.15, -0.1) is 0 Å². The molecule has 7 rings (SSSR count). The first-order chi connectivity index (χ1) is 25.9. The maximum atomic E-state index is 14.7. The number of ether oxygens (including phenoxy) is 3. The molecule has 1 unspecified atom stereocenters. The Hall–Kier alpha value is -4.47. The van der Waals surface area contributed by atoms with Crippen LogP contribution in [-0.4, -0.2) is 94.3 Å². The van der Waals surface area contributed by atoms with E-state index in [0.717, 1.165) is 18.4 Å². The molecule has 3 N–H and O–H groups in total. The number of nitrogens with zero attached hydrogens (tertiary/aromatic N) is 3. The second-order valence-electron chi connectivity index (χ2n) is 17.1. The number of methoxy groups -OCH3 is 1. The fourth-order valence-corrected chi connectivity index (χ4v) is 9.41. The molecule has 4 amide bonds. The van der Waals surface area contributed by atoms with Gasteiger partial charge < -0.3 is 29.7 Å². The van der Waals surface area contributed by atoms with Crippen molar-refractivity contribution < 1.29 is 41.8 Å². The van der Waals surface area contributed by atoms with Crippen molar-refractivity contribution in [1.82, 2.24) is 30.2 Å². The minimum absolute atomic E-state index is 0.0220. The molecule has 0 bridgehead atoms. The molecular weight excluding hydrogens is 729 g/mol. The molecule has 2 aromatic heterocycles. The summed E-state index contributed by atoms with van der Waals surface area (Å²) in [6.45, 7) is 8.67. The number of pyridine rings is 2. The van der Waals surface area contributed by atoms with Crippen LogP contribution in [0, 0.1) is 12.8 Å². The van der Waals surface area contributed by atoms with E-state index in [1.165, 1.54) is 4.90 Å². The Kier molecular flexibility index (Phi) is 9.82. The molecule has 16 heteroatoms. The first kappa shape index (κ1) is 38.8. The van der Waals surface area contributed by atoms with Crippen molar-refractivity contribution in [2.24, 2.45) is 5.92 Å². The third kappa shape index (κ3) is 7.58. The number of hydrogen-bond donors (Lipinski definition) is 3. The SMILES string of the molecule is COc1ccc2nc(C)c3c(c2n1)CC[C@]1(C[C@H]2C(=O)N[C@]4(C(=O)NS(=O)(=O)C5(C)CC5)C[C@@H]4/C=C\CCCCCC(NC(=O)OC(C)(C)C)C(=O)N2C1)O3. The lowest BCUT2D eigenvalue weighted by molar-refractivity contribution is -0.141. The molecule has 1 spiro atoms. The summed E-state index contributed by atoms with van der Waals surface area (Å²) in [5.41, 5.74) is -0.525. The third-order valence-corrected chi connectivity index (χ3v) is 13.8. The Morgan fingerprint density at radius 3 is 2.55 bits per heavy atom. The maximum absolute atomic E-state index is 14.7. The summed E-state index contributed by atoms with van der Waals surface area (Å²) in [7, 11) is -2.45. The zero-order valence-corrected chi connectivity index (χ0v) is 33.3. The van der Waals surface area contributed by atoms with Crippen LogP contribution in [0.15, 0.2) is 24.3 Å². The van der Waals surface area contributed by atoms with Gasteiger partial charge in [-0.2, -0.15) is 0 Å². The molecule has 2 saturated carbocycles. The molecule has 55 heavy (non-hydrogen) atoms. The van der Waals surface area contributed by atoms with Crippen molar-refractivity contribution >= 4 is 44.9 Å². The zero-order valence-electron chi connectivity index (χ0n) is 32.5. The van der Waals surface area contributed by atoms with Gasteiger partial charge in [0.1, 0.15) is 34.6 Å². The largest absolute Gasteiger partial charge is 0.483 e. The molecule has 5 heterocycles. The molecule has 0 radical (unpaired) electrons.